The van der Waals surface area contributed by atoms with Crippen LogP contribution in [-0.4, -0.2) is 19.3 Å². The molecule has 5 nitrogen and oxygen atoms in total. The molecule has 1 aromatic heterocycles. The van der Waals surface area contributed by atoms with Gasteiger partial charge in [-0.25, -0.2) is 4.79 Å². The molecular weight excluding hydrogens is 260 g/mol. The van der Waals surface area contributed by atoms with Crippen molar-refractivity contribution < 1.29 is 19.0 Å². The smallest absolute Gasteiger partial charge is 0.339 e. The summed E-state index contributed by atoms with van der Waals surface area (Å²) in [6.07, 6.45) is 3.32. The van der Waals surface area contributed by atoms with E-state index in [1.165, 1.54) is 20.3 Å². The summed E-state index contributed by atoms with van der Waals surface area (Å²) < 4.78 is 15.0. The minimum absolute atomic E-state index is 0.0433. The standard InChI is InChI=1S/C15H14O5/c1-18-12-8-11(20-15(17)9-12)5-3-10-4-6-14(19-2)13(16)7-10/h3-9,16H,1-2H3/b5-3-. The molecule has 2 rings (SSSR count). The molecule has 0 spiro atoms. The van der Waals surface area contributed by atoms with Gasteiger partial charge >= 0.3 is 5.63 Å². The van der Waals surface area contributed by atoms with E-state index in [2.05, 4.69) is 0 Å². The summed E-state index contributed by atoms with van der Waals surface area (Å²) in [7, 11) is 2.96. The summed E-state index contributed by atoms with van der Waals surface area (Å²) in [5.41, 5.74) is 0.260. The van der Waals surface area contributed by atoms with Crippen LogP contribution in [0.15, 0.2) is 39.5 Å². The fourth-order valence-corrected chi connectivity index (χ4v) is 1.66. The zero-order valence-electron chi connectivity index (χ0n) is 11.1. The summed E-state index contributed by atoms with van der Waals surface area (Å²) in [6.45, 7) is 0. The van der Waals surface area contributed by atoms with Crippen molar-refractivity contribution in [2.24, 2.45) is 0 Å². The van der Waals surface area contributed by atoms with Gasteiger partial charge in [-0.1, -0.05) is 12.1 Å². The molecule has 0 aliphatic rings. The summed E-state index contributed by atoms with van der Waals surface area (Å²) in [5, 5.41) is 9.66. The van der Waals surface area contributed by atoms with Gasteiger partial charge in [0.15, 0.2) is 11.5 Å². The van der Waals surface area contributed by atoms with Crippen molar-refractivity contribution in [2.45, 2.75) is 0 Å². The first kappa shape index (κ1) is 13.7. The average Bonchev–Trinajstić information content (AvgIpc) is 2.44. The van der Waals surface area contributed by atoms with Crippen molar-refractivity contribution in [2.75, 3.05) is 14.2 Å². The number of hydrogen-bond acceptors (Lipinski definition) is 5. The van der Waals surface area contributed by atoms with Crippen LogP contribution in [0, 0.1) is 0 Å². The lowest BCUT2D eigenvalue weighted by Gasteiger charge is -2.03. The molecule has 0 atom stereocenters. The van der Waals surface area contributed by atoms with Crippen LogP contribution < -0.4 is 15.1 Å². The molecule has 1 aromatic carbocycles. The number of ether oxygens (including phenoxy) is 2. The lowest BCUT2D eigenvalue weighted by molar-refractivity contribution is 0.373. The molecule has 0 aliphatic carbocycles. The van der Waals surface area contributed by atoms with Crippen LogP contribution >= 0.6 is 0 Å². The van der Waals surface area contributed by atoms with Crippen molar-refractivity contribution in [3.05, 3.63) is 52.1 Å². The van der Waals surface area contributed by atoms with Crippen molar-refractivity contribution in [1.29, 1.82) is 0 Å². The molecule has 104 valence electrons. The van der Waals surface area contributed by atoms with Crippen LogP contribution in [0.5, 0.6) is 17.2 Å². The van der Waals surface area contributed by atoms with E-state index in [4.69, 9.17) is 13.9 Å². The molecule has 0 bridgehead atoms. The van der Waals surface area contributed by atoms with Crippen LogP contribution in [0.2, 0.25) is 0 Å². The Morgan fingerprint density at radius 2 is 1.90 bits per heavy atom. The van der Waals surface area contributed by atoms with Gasteiger partial charge in [-0.05, 0) is 23.8 Å². The van der Waals surface area contributed by atoms with Gasteiger partial charge < -0.3 is 19.0 Å². The molecule has 5 heteroatoms. The zero-order valence-corrected chi connectivity index (χ0v) is 11.1. The molecule has 0 radical (unpaired) electrons. The van der Waals surface area contributed by atoms with E-state index in [9.17, 15) is 9.90 Å². The van der Waals surface area contributed by atoms with Crippen LogP contribution in [0.3, 0.4) is 0 Å². The highest BCUT2D eigenvalue weighted by atomic mass is 16.5. The Balaban J connectivity index is 2.27. The topological polar surface area (TPSA) is 68.9 Å². The number of phenols is 1. The fourth-order valence-electron chi connectivity index (χ4n) is 1.66. The van der Waals surface area contributed by atoms with Gasteiger partial charge in [-0.3, -0.25) is 0 Å². The first-order chi connectivity index (χ1) is 9.62. The highest BCUT2D eigenvalue weighted by Gasteiger charge is 2.01. The first-order valence-corrected chi connectivity index (χ1v) is 5.86. The predicted octanol–water partition coefficient (Wildman–Crippen LogP) is 2.53. The van der Waals surface area contributed by atoms with E-state index in [0.717, 1.165) is 5.56 Å². The molecule has 20 heavy (non-hydrogen) atoms. The minimum Gasteiger partial charge on any atom is -0.504 e. The Morgan fingerprint density at radius 1 is 1.10 bits per heavy atom. The molecular formula is C15H14O5. The second-order valence-electron chi connectivity index (χ2n) is 3.98. The molecule has 0 saturated carbocycles. The number of benzene rings is 1. The highest BCUT2D eigenvalue weighted by molar-refractivity contribution is 5.69. The minimum atomic E-state index is -0.485. The van der Waals surface area contributed by atoms with Crippen molar-refractivity contribution in [3.8, 4) is 17.2 Å². The van der Waals surface area contributed by atoms with Gasteiger partial charge in [0.1, 0.15) is 11.5 Å². The third-order valence-electron chi connectivity index (χ3n) is 2.64. The monoisotopic (exact) mass is 274 g/mol. The van der Waals surface area contributed by atoms with Gasteiger partial charge in [0.05, 0.1) is 20.3 Å². The lowest BCUT2D eigenvalue weighted by atomic mass is 10.2. The van der Waals surface area contributed by atoms with E-state index in [0.29, 0.717) is 17.3 Å². The second-order valence-corrected chi connectivity index (χ2v) is 3.98. The van der Waals surface area contributed by atoms with E-state index in [1.54, 1.807) is 36.4 Å². The van der Waals surface area contributed by atoms with Gasteiger partial charge in [-0.2, -0.15) is 0 Å². The van der Waals surface area contributed by atoms with Gasteiger partial charge in [0.25, 0.3) is 0 Å². The summed E-state index contributed by atoms with van der Waals surface area (Å²) >= 11 is 0. The van der Waals surface area contributed by atoms with Crippen LogP contribution in [0.25, 0.3) is 12.2 Å². The summed E-state index contributed by atoms with van der Waals surface area (Å²) in [5.74, 6) is 1.24. The normalized spacial score (nSPS) is 10.7. The number of rotatable bonds is 4. The van der Waals surface area contributed by atoms with E-state index >= 15 is 0 Å². The van der Waals surface area contributed by atoms with Crippen LogP contribution in [0.4, 0.5) is 0 Å². The Bertz CT molecular complexity index is 685. The molecule has 1 N–H and O–H groups in total. The van der Waals surface area contributed by atoms with E-state index in [1.807, 2.05) is 0 Å². The summed E-state index contributed by atoms with van der Waals surface area (Å²) in [6, 6.07) is 7.83. The van der Waals surface area contributed by atoms with Crippen molar-refractivity contribution in [3.63, 3.8) is 0 Å². The maximum atomic E-state index is 11.3. The number of methoxy groups -OCH3 is 2. The quantitative estimate of drug-likeness (QED) is 0.927. The summed E-state index contributed by atoms with van der Waals surface area (Å²) in [4.78, 5) is 11.3. The Labute approximate surface area is 115 Å². The highest BCUT2D eigenvalue weighted by Crippen LogP contribution is 2.27. The van der Waals surface area contributed by atoms with E-state index < -0.39 is 5.63 Å². The van der Waals surface area contributed by atoms with Crippen LogP contribution in [0.1, 0.15) is 11.3 Å². The van der Waals surface area contributed by atoms with Gasteiger partial charge in [0, 0.05) is 6.07 Å². The zero-order chi connectivity index (χ0) is 14.5. The third kappa shape index (κ3) is 3.20. The number of aromatic hydroxyl groups is 1. The van der Waals surface area contributed by atoms with Gasteiger partial charge in [0.2, 0.25) is 0 Å². The third-order valence-corrected chi connectivity index (χ3v) is 2.64. The molecule has 0 amide bonds. The second kappa shape index (κ2) is 5.97. The van der Waals surface area contributed by atoms with Crippen molar-refractivity contribution in [1.82, 2.24) is 0 Å². The molecule has 1 heterocycles. The largest absolute Gasteiger partial charge is 0.504 e. The molecule has 0 saturated heterocycles. The molecule has 0 fully saturated rings. The van der Waals surface area contributed by atoms with Gasteiger partial charge in [-0.15, -0.1) is 0 Å². The Morgan fingerprint density at radius 3 is 2.55 bits per heavy atom. The first-order valence-electron chi connectivity index (χ1n) is 5.86. The predicted molar refractivity (Wildman–Crippen MR) is 75.1 cm³/mol. The molecule has 0 unspecified atom stereocenters. The molecule has 2 aromatic rings. The lowest BCUT2D eigenvalue weighted by Crippen LogP contribution is -1.98. The number of phenolic OH excluding ortho intramolecular Hbond substituents is 1. The fraction of sp³-hybridized carbons (Fsp3) is 0.133. The Kier molecular flexibility index (Phi) is 4.10. The van der Waals surface area contributed by atoms with Crippen LogP contribution in [-0.2, 0) is 0 Å². The van der Waals surface area contributed by atoms with E-state index in [-0.39, 0.29) is 5.75 Å². The SMILES string of the molecule is COc1cc(/C=C\c2ccc(OC)c(O)c2)oc(=O)c1. The van der Waals surface area contributed by atoms with Crippen molar-refractivity contribution >= 4 is 12.2 Å². The maximum Gasteiger partial charge on any atom is 0.339 e. The number of hydrogen-bond donors (Lipinski definition) is 1. The maximum absolute atomic E-state index is 11.3. The molecule has 0 aliphatic heterocycles. The Hall–Kier alpha value is -2.69. The average molecular weight is 274 g/mol.